The molecule has 2 aromatic heterocycles. The van der Waals surface area contributed by atoms with Crippen molar-refractivity contribution in [3.63, 3.8) is 0 Å². The van der Waals surface area contributed by atoms with E-state index >= 15 is 0 Å². The molecule has 0 amide bonds. The normalized spacial score (nSPS) is 12.3. The predicted molar refractivity (Wildman–Crippen MR) is 128 cm³/mol. The number of aromatic nitrogens is 2. The van der Waals surface area contributed by atoms with Gasteiger partial charge in [0.2, 0.25) is 0 Å². The summed E-state index contributed by atoms with van der Waals surface area (Å²) in [5, 5.41) is 0. The molecule has 6 heteroatoms. The van der Waals surface area contributed by atoms with Gasteiger partial charge in [-0.05, 0) is 43.9 Å². The minimum atomic E-state index is -0.0233. The molecule has 0 aromatic carbocycles. The van der Waals surface area contributed by atoms with E-state index < -0.39 is 0 Å². The highest BCUT2D eigenvalue weighted by atomic mass is 32.1. The Balaban J connectivity index is 1.90. The number of imidazole rings is 1. The first-order valence-corrected chi connectivity index (χ1v) is 11.7. The van der Waals surface area contributed by atoms with Crippen molar-refractivity contribution in [1.82, 2.24) is 14.5 Å². The van der Waals surface area contributed by atoms with Gasteiger partial charge < -0.3 is 4.90 Å². The molecule has 0 aliphatic carbocycles. The van der Waals surface area contributed by atoms with E-state index in [0.29, 0.717) is 0 Å². The maximum Gasteiger partial charge on any atom is 0.273 e. The van der Waals surface area contributed by atoms with Crippen molar-refractivity contribution < 1.29 is 4.79 Å². The minimum absolute atomic E-state index is 0.0233. The number of nitrogens with zero attached hydrogens (tertiary/aromatic N) is 4. The molecular formula is C24H34N4OS. The number of thiophene rings is 1. The Morgan fingerprint density at radius 2 is 2.10 bits per heavy atom. The Morgan fingerprint density at radius 1 is 1.23 bits per heavy atom. The number of carbonyl (C=O) groups is 1. The van der Waals surface area contributed by atoms with Gasteiger partial charge >= 0.3 is 0 Å². The second-order valence-electron chi connectivity index (χ2n) is 7.18. The van der Waals surface area contributed by atoms with Gasteiger partial charge in [-0.1, -0.05) is 38.8 Å². The molecule has 0 aliphatic rings. The molecule has 0 saturated heterocycles. The summed E-state index contributed by atoms with van der Waals surface area (Å²) in [5.74, 6) is -0.0233. The van der Waals surface area contributed by atoms with E-state index in [2.05, 4.69) is 47.0 Å². The van der Waals surface area contributed by atoms with Gasteiger partial charge in [-0.25, -0.2) is 4.98 Å². The standard InChI is InChI=1S/C24H34N4OS/c1-4-6-10-17-27(16-5-2)21(19-25-3)11-8-7-9-12-22-13-14-23(30-22)24(29)28-18-15-26-20-28/h7-8,11,13-15,18-20H,4-6,9-10,12,16-17H2,1-3H3/b8-7+,21-11+,25-19?. The molecule has 0 saturated carbocycles. The molecule has 0 spiro atoms. The Hall–Kier alpha value is -2.47. The summed E-state index contributed by atoms with van der Waals surface area (Å²) < 4.78 is 1.51. The molecule has 2 aromatic rings. The van der Waals surface area contributed by atoms with Crippen molar-refractivity contribution in [2.24, 2.45) is 4.99 Å². The van der Waals surface area contributed by atoms with Crippen LogP contribution in [0, 0.1) is 0 Å². The van der Waals surface area contributed by atoms with E-state index in [1.807, 2.05) is 25.4 Å². The second kappa shape index (κ2) is 13.7. The van der Waals surface area contributed by atoms with Crippen LogP contribution >= 0.6 is 11.3 Å². The largest absolute Gasteiger partial charge is 0.370 e. The van der Waals surface area contributed by atoms with E-state index in [9.17, 15) is 4.79 Å². The smallest absolute Gasteiger partial charge is 0.273 e. The molecule has 162 valence electrons. The van der Waals surface area contributed by atoms with E-state index in [0.717, 1.165) is 37.2 Å². The third kappa shape index (κ3) is 7.75. The van der Waals surface area contributed by atoms with Crippen LogP contribution in [0.4, 0.5) is 0 Å². The van der Waals surface area contributed by atoms with Crippen molar-refractivity contribution >= 4 is 23.5 Å². The van der Waals surface area contributed by atoms with Crippen LogP contribution in [0.2, 0.25) is 0 Å². The van der Waals surface area contributed by atoms with Crippen molar-refractivity contribution in [1.29, 1.82) is 0 Å². The summed E-state index contributed by atoms with van der Waals surface area (Å²) in [7, 11) is 1.83. The molecule has 0 radical (unpaired) electrons. The maximum absolute atomic E-state index is 12.3. The Bertz CT molecular complexity index is 833. The Kier molecular flexibility index (Phi) is 10.9. The van der Waals surface area contributed by atoms with Crippen LogP contribution in [-0.2, 0) is 6.42 Å². The molecule has 0 N–H and O–H groups in total. The lowest BCUT2D eigenvalue weighted by atomic mass is 10.2. The number of aryl methyl sites for hydroxylation is 1. The highest BCUT2D eigenvalue weighted by Gasteiger charge is 2.10. The average molecular weight is 427 g/mol. The first-order chi connectivity index (χ1) is 14.7. The summed E-state index contributed by atoms with van der Waals surface area (Å²) in [6.07, 6.45) is 20.0. The third-order valence-electron chi connectivity index (χ3n) is 4.72. The van der Waals surface area contributed by atoms with Crippen molar-refractivity contribution in [2.45, 2.75) is 52.4 Å². The van der Waals surface area contributed by atoms with Crippen LogP contribution < -0.4 is 0 Å². The van der Waals surface area contributed by atoms with Gasteiger partial charge in [0.1, 0.15) is 6.33 Å². The fraction of sp³-hybridized carbons (Fsp3) is 0.458. The summed E-state index contributed by atoms with van der Waals surface area (Å²) in [6, 6.07) is 3.95. The number of hydrogen-bond donors (Lipinski definition) is 0. The lowest BCUT2D eigenvalue weighted by molar-refractivity contribution is 0.0964. The number of hydrogen-bond acceptors (Lipinski definition) is 5. The molecule has 0 unspecified atom stereocenters. The molecule has 0 atom stereocenters. The van der Waals surface area contributed by atoms with E-state index in [-0.39, 0.29) is 5.91 Å². The van der Waals surface area contributed by atoms with Crippen LogP contribution in [-0.4, -0.2) is 46.7 Å². The monoisotopic (exact) mass is 426 g/mol. The molecule has 30 heavy (non-hydrogen) atoms. The predicted octanol–water partition coefficient (Wildman–Crippen LogP) is 5.61. The zero-order chi connectivity index (χ0) is 21.6. The molecular weight excluding hydrogens is 392 g/mol. The zero-order valence-corrected chi connectivity index (χ0v) is 19.3. The maximum atomic E-state index is 12.3. The summed E-state index contributed by atoms with van der Waals surface area (Å²) in [6.45, 7) is 6.59. The molecule has 2 rings (SSSR count). The highest BCUT2D eigenvalue weighted by molar-refractivity contribution is 7.14. The van der Waals surface area contributed by atoms with Gasteiger partial charge in [0.05, 0.1) is 10.6 Å². The summed E-state index contributed by atoms with van der Waals surface area (Å²) in [5.41, 5.74) is 1.18. The van der Waals surface area contributed by atoms with E-state index in [1.54, 1.807) is 23.7 Å². The molecule has 5 nitrogen and oxygen atoms in total. The quantitative estimate of drug-likeness (QED) is 0.238. The summed E-state index contributed by atoms with van der Waals surface area (Å²) in [4.78, 5) is 24.9. The lowest BCUT2D eigenvalue weighted by Crippen LogP contribution is -2.26. The molecule has 0 bridgehead atoms. The number of aliphatic imine (C=N–C) groups is 1. The number of allylic oxidation sites excluding steroid dienone is 4. The van der Waals surface area contributed by atoms with Gasteiger partial charge in [0, 0.05) is 43.6 Å². The fourth-order valence-electron chi connectivity index (χ4n) is 3.18. The fourth-order valence-corrected chi connectivity index (χ4v) is 4.14. The van der Waals surface area contributed by atoms with E-state index in [1.165, 1.54) is 40.7 Å². The number of carbonyl (C=O) groups excluding carboxylic acids is 1. The van der Waals surface area contributed by atoms with Crippen LogP contribution in [0.25, 0.3) is 0 Å². The van der Waals surface area contributed by atoms with Crippen LogP contribution in [0.5, 0.6) is 0 Å². The van der Waals surface area contributed by atoms with E-state index in [4.69, 9.17) is 0 Å². The Morgan fingerprint density at radius 3 is 2.80 bits per heavy atom. The van der Waals surface area contributed by atoms with Crippen LogP contribution in [0.15, 0.2) is 59.8 Å². The first kappa shape index (κ1) is 23.8. The second-order valence-corrected chi connectivity index (χ2v) is 8.35. The van der Waals surface area contributed by atoms with Gasteiger partial charge in [0.15, 0.2) is 0 Å². The number of rotatable bonds is 13. The van der Waals surface area contributed by atoms with Crippen molar-refractivity contribution in [3.8, 4) is 0 Å². The van der Waals surface area contributed by atoms with Gasteiger partial charge in [-0.3, -0.25) is 14.4 Å². The SMILES string of the molecule is CCCCCN(CCC)/C(C=NC)=C/C=C/CCc1ccc(C(=O)n2ccnc2)s1. The van der Waals surface area contributed by atoms with Crippen molar-refractivity contribution in [2.75, 3.05) is 20.1 Å². The molecule has 2 heterocycles. The number of unbranched alkanes of at least 4 members (excludes halogenated alkanes) is 2. The average Bonchev–Trinajstić information content (AvgIpc) is 3.44. The lowest BCUT2D eigenvalue weighted by Gasteiger charge is -2.24. The third-order valence-corrected chi connectivity index (χ3v) is 5.86. The van der Waals surface area contributed by atoms with Gasteiger partial charge in [-0.15, -0.1) is 11.3 Å². The topological polar surface area (TPSA) is 50.5 Å². The molecule has 0 aliphatic heterocycles. The van der Waals surface area contributed by atoms with Gasteiger partial charge in [-0.2, -0.15) is 0 Å². The zero-order valence-electron chi connectivity index (χ0n) is 18.5. The Labute approximate surface area is 184 Å². The van der Waals surface area contributed by atoms with Crippen molar-refractivity contribution in [3.05, 3.63) is 64.5 Å². The van der Waals surface area contributed by atoms with Crippen LogP contribution in [0.1, 0.15) is 60.5 Å². The molecule has 0 fully saturated rings. The van der Waals surface area contributed by atoms with Gasteiger partial charge in [0.25, 0.3) is 5.91 Å². The minimum Gasteiger partial charge on any atom is -0.370 e. The first-order valence-electron chi connectivity index (χ1n) is 10.8. The van der Waals surface area contributed by atoms with Crippen LogP contribution in [0.3, 0.4) is 0 Å². The summed E-state index contributed by atoms with van der Waals surface area (Å²) >= 11 is 1.56. The highest BCUT2D eigenvalue weighted by Crippen LogP contribution is 2.19.